The molecule has 0 radical (unpaired) electrons. The number of hydrogen-bond acceptors (Lipinski definition) is 4. The Bertz CT molecular complexity index is 675. The number of methoxy groups -OCH3 is 1. The Labute approximate surface area is 109 Å². The molecule has 5 heteroatoms. The minimum atomic E-state index is -0.521. The molecule has 0 fully saturated rings. The maximum atomic E-state index is 10.7. The van der Waals surface area contributed by atoms with Gasteiger partial charge in [-0.25, -0.2) is 0 Å². The van der Waals surface area contributed by atoms with E-state index in [1.165, 1.54) is 19.2 Å². The predicted molar refractivity (Wildman–Crippen MR) is 69.8 cm³/mol. The van der Waals surface area contributed by atoms with E-state index in [1.807, 2.05) is 18.2 Å². The van der Waals surface area contributed by atoms with Crippen molar-refractivity contribution in [2.75, 3.05) is 7.11 Å². The Morgan fingerprint density at radius 1 is 1.21 bits per heavy atom. The molecule has 0 saturated carbocycles. The molecule has 19 heavy (non-hydrogen) atoms. The van der Waals surface area contributed by atoms with Crippen LogP contribution in [-0.4, -0.2) is 12.0 Å². The number of hydrogen-bond donors (Lipinski definition) is 0. The molecule has 5 nitrogen and oxygen atoms in total. The van der Waals surface area contributed by atoms with E-state index in [0.29, 0.717) is 11.3 Å². The number of nitro benzene ring substituents is 1. The second kappa shape index (κ2) is 5.19. The van der Waals surface area contributed by atoms with Gasteiger partial charge in [0.25, 0.3) is 5.69 Å². The van der Waals surface area contributed by atoms with Crippen LogP contribution in [0, 0.1) is 21.4 Å². The summed E-state index contributed by atoms with van der Waals surface area (Å²) in [6, 6.07) is 13.4. The Morgan fingerprint density at radius 2 is 1.95 bits per heavy atom. The molecule has 0 N–H and O–H groups in total. The molecule has 0 aliphatic rings. The maximum Gasteiger partial charge on any atom is 0.270 e. The van der Waals surface area contributed by atoms with E-state index in [2.05, 4.69) is 0 Å². The summed E-state index contributed by atoms with van der Waals surface area (Å²) < 4.78 is 5.23. The second-order valence-corrected chi connectivity index (χ2v) is 3.80. The SMILES string of the molecule is COc1ccccc1-c1ccc([N+](=O)[O-])cc1C#N. The first-order valence-electron chi connectivity index (χ1n) is 5.49. The molecule has 0 spiro atoms. The lowest BCUT2D eigenvalue weighted by Crippen LogP contribution is -1.93. The van der Waals surface area contributed by atoms with Gasteiger partial charge in [0, 0.05) is 23.3 Å². The van der Waals surface area contributed by atoms with Gasteiger partial charge >= 0.3 is 0 Å². The van der Waals surface area contributed by atoms with Crippen molar-refractivity contribution in [3.8, 4) is 22.9 Å². The first-order valence-corrected chi connectivity index (χ1v) is 5.49. The predicted octanol–water partition coefficient (Wildman–Crippen LogP) is 3.14. The lowest BCUT2D eigenvalue weighted by atomic mass is 9.99. The van der Waals surface area contributed by atoms with Gasteiger partial charge in [-0.3, -0.25) is 10.1 Å². The first kappa shape index (κ1) is 12.6. The third-order valence-electron chi connectivity index (χ3n) is 2.73. The summed E-state index contributed by atoms with van der Waals surface area (Å²) in [5, 5.41) is 19.8. The van der Waals surface area contributed by atoms with E-state index in [4.69, 9.17) is 10.00 Å². The second-order valence-electron chi connectivity index (χ2n) is 3.80. The zero-order valence-electron chi connectivity index (χ0n) is 10.2. The van der Waals surface area contributed by atoms with Crippen LogP contribution in [0.25, 0.3) is 11.1 Å². The lowest BCUT2D eigenvalue weighted by molar-refractivity contribution is -0.384. The average molecular weight is 254 g/mol. The molecule has 2 aromatic carbocycles. The minimum Gasteiger partial charge on any atom is -0.496 e. The van der Waals surface area contributed by atoms with Gasteiger partial charge < -0.3 is 4.74 Å². The largest absolute Gasteiger partial charge is 0.496 e. The third-order valence-corrected chi connectivity index (χ3v) is 2.73. The van der Waals surface area contributed by atoms with E-state index in [9.17, 15) is 10.1 Å². The van der Waals surface area contributed by atoms with Crippen molar-refractivity contribution in [3.63, 3.8) is 0 Å². The molecule has 0 aliphatic carbocycles. The molecular weight excluding hydrogens is 244 g/mol. The number of rotatable bonds is 3. The summed E-state index contributed by atoms with van der Waals surface area (Å²) in [6.45, 7) is 0. The van der Waals surface area contributed by atoms with Crippen LogP contribution in [0.15, 0.2) is 42.5 Å². The molecule has 0 aliphatic heterocycles. The maximum absolute atomic E-state index is 10.7. The summed E-state index contributed by atoms with van der Waals surface area (Å²) in [4.78, 5) is 10.2. The Hall–Kier alpha value is -2.87. The van der Waals surface area contributed by atoms with E-state index in [-0.39, 0.29) is 11.3 Å². The van der Waals surface area contributed by atoms with Gasteiger partial charge in [-0.15, -0.1) is 0 Å². The van der Waals surface area contributed by atoms with Gasteiger partial charge in [-0.1, -0.05) is 18.2 Å². The summed E-state index contributed by atoms with van der Waals surface area (Å²) in [5.74, 6) is 0.618. The molecule has 0 unspecified atom stereocenters. The molecule has 0 saturated heterocycles. The molecule has 0 aromatic heterocycles. The van der Waals surface area contributed by atoms with Crippen LogP contribution in [0.1, 0.15) is 5.56 Å². The van der Waals surface area contributed by atoms with Gasteiger partial charge in [0.05, 0.1) is 17.6 Å². The Balaban J connectivity index is 2.63. The zero-order chi connectivity index (χ0) is 13.8. The van der Waals surface area contributed by atoms with Crippen LogP contribution in [0.3, 0.4) is 0 Å². The van der Waals surface area contributed by atoms with E-state index in [0.717, 1.165) is 5.56 Å². The monoisotopic (exact) mass is 254 g/mol. The normalized spacial score (nSPS) is 9.68. The quantitative estimate of drug-likeness (QED) is 0.622. The van der Waals surface area contributed by atoms with Gasteiger partial charge in [-0.05, 0) is 12.1 Å². The first-order chi connectivity index (χ1) is 9.17. The highest BCUT2D eigenvalue weighted by molar-refractivity contribution is 5.76. The Morgan fingerprint density at radius 3 is 2.58 bits per heavy atom. The average Bonchev–Trinajstić information content (AvgIpc) is 2.46. The van der Waals surface area contributed by atoms with E-state index >= 15 is 0 Å². The van der Waals surface area contributed by atoms with Gasteiger partial charge in [-0.2, -0.15) is 5.26 Å². The van der Waals surface area contributed by atoms with Gasteiger partial charge in [0.1, 0.15) is 11.8 Å². The number of benzene rings is 2. The van der Waals surface area contributed by atoms with Crippen molar-refractivity contribution in [1.29, 1.82) is 5.26 Å². The van der Waals surface area contributed by atoms with Crippen molar-refractivity contribution < 1.29 is 9.66 Å². The van der Waals surface area contributed by atoms with Gasteiger partial charge in [0.2, 0.25) is 0 Å². The molecule has 94 valence electrons. The van der Waals surface area contributed by atoms with Crippen molar-refractivity contribution >= 4 is 5.69 Å². The molecule has 0 amide bonds. The fraction of sp³-hybridized carbons (Fsp3) is 0.0714. The molecule has 0 bridgehead atoms. The number of nitrogens with zero attached hydrogens (tertiary/aromatic N) is 2. The summed E-state index contributed by atoms with van der Waals surface area (Å²) in [7, 11) is 1.54. The van der Waals surface area contributed by atoms with Crippen molar-refractivity contribution in [3.05, 3.63) is 58.1 Å². The summed E-state index contributed by atoms with van der Waals surface area (Å²) in [6.07, 6.45) is 0. The molecular formula is C14H10N2O3. The number of nitro groups is 1. The smallest absolute Gasteiger partial charge is 0.270 e. The topological polar surface area (TPSA) is 76.2 Å². The number of ether oxygens (including phenoxy) is 1. The Kier molecular flexibility index (Phi) is 3.44. The standard InChI is InChI=1S/C14H10N2O3/c1-19-14-5-3-2-4-13(14)12-7-6-11(16(17)18)8-10(12)9-15/h2-8H,1H3. The lowest BCUT2D eigenvalue weighted by Gasteiger charge is -2.09. The van der Waals surface area contributed by atoms with Crippen LogP contribution in [0.4, 0.5) is 5.69 Å². The molecule has 2 rings (SSSR count). The molecule has 0 atom stereocenters. The fourth-order valence-corrected chi connectivity index (χ4v) is 1.84. The van der Waals surface area contributed by atoms with E-state index < -0.39 is 4.92 Å². The van der Waals surface area contributed by atoms with Crippen LogP contribution < -0.4 is 4.74 Å². The highest BCUT2D eigenvalue weighted by atomic mass is 16.6. The minimum absolute atomic E-state index is 0.102. The van der Waals surface area contributed by atoms with Crippen LogP contribution >= 0.6 is 0 Å². The molecule has 2 aromatic rings. The highest BCUT2D eigenvalue weighted by Gasteiger charge is 2.14. The number of nitriles is 1. The third kappa shape index (κ3) is 2.38. The number of para-hydroxylation sites is 1. The fourth-order valence-electron chi connectivity index (χ4n) is 1.84. The number of non-ortho nitro benzene ring substituents is 1. The zero-order valence-corrected chi connectivity index (χ0v) is 10.2. The van der Waals surface area contributed by atoms with Crippen LogP contribution in [0.2, 0.25) is 0 Å². The van der Waals surface area contributed by atoms with Gasteiger partial charge in [0.15, 0.2) is 0 Å². The van der Waals surface area contributed by atoms with Crippen molar-refractivity contribution in [2.45, 2.75) is 0 Å². The van der Waals surface area contributed by atoms with Crippen LogP contribution in [0.5, 0.6) is 5.75 Å². The summed E-state index contributed by atoms with van der Waals surface area (Å²) >= 11 is 0. The van der Waals surface area contributed by atoms with E-state index in [1.54, 1.807) is 18.2 Å². The van der Waals surface area contributed by atoms with Crippen molar-refractivity contribution in [2.24, 2.45) is 0 Å². The molecule has 0 heterocycles. The highest BCUT2D eigenvalue weighted by Crippen LogP contribution is 2.33. The van der Waals surface area contributed by atoms with Crippen molar-refractivity contribution in [1.82, 2.24) is 0 Å². The van der Waals surface area contributed by atoms with Crippen LogP contribution in [-0.2, 0) is 0 Å². The summed E-state index contributed by atoms with van der Waals surface area (Å²) in [5.41, 5.74) is 1.50.